The quantitative estimate of drug-likeness (QED) is 0.888. The van der Waals surface area contributed by atoms with Crippen LogP contribution in [-0.2, 0) is 11.3 Å². The maximum atomic E-state index is 12.7. The Morgan fingerprint density at radius 3 is 2.52 bits per heavy atom. The van der Waals surface area contributed by atoms with Crippen molar-refractivity contribution in [2.75, 3.05) is 6.54 Å². The monoisotopic (exact) mass is 302 g/mol. The topological polar surface area (TPSA) is 46.3 Å². The summed E-state index contributed by atoms with van der Waals surface area (Å²) in [5, 5.41) is 2.03. The molecule has 1 heterocycles. The van der Waals surface area contributed by atoms with Gasteiger partial charge in [-0.15, -0.1) is 11.3 Å². The molecule has 4 heteroatoms. The van der Waals surface area contributed by atoms with Gasteiger partial charge in [0, 0.05) is 17.5 Å². The van der Waals surface area contributed by atoms with Crippen molar-refractivity contribution in [2.45, 2.75) is 26.4 Å². The Kier molecular flexibility index (Phi) is 5.53. The van der Waals surface area contributed by atoms with Crippen LogP contribution in [0.1, 0.15) is 30.3 Å². The molecule has 2 rings (SSSR count). The summed E-state index contributed by atoms with van der Waals surface area (Å²) in [4.78, 5) is 15.7. The maximum absolute atomic E-state index is 12.7. The molecule has 0 spiro atoms. The summed E-state index contributed by atoms with van der Waals surface area (Å²) < 4.78 is 0. The molecular weight excluding hydrogens is 280 g/mol. The number of nitrogens with two attached hydrogens (primary N) is 1. The first kappa shape index (κ1) is 15.7. The zero-order valence-corrected chi connectivity index (χ0v) is 13.3. The highest BCUT2D eigenvalue weighted by atomic mass is 32.1. The molecule has 2 aromatic rings. The van der Waals surface area contributed by atoms with Crippen LogP contribution in [0.4, 0.5) is 0 Å². The third kappa shape index (κ3) is 3.93. The Labute approximate surface area is 130 Å². The van der Waals surface area contributed by atoms with Gasteiger partial charge in [0.05, 0.1) is 12.5 Å². The number of rotatable bonds is 6. The van der Waals surface area contributed by atoms with E-state index in [1.165, 1.54) is 4.88 Å². The van der Waals surface area contributed by atoms with Gasteiger partial charge in [0.2, 0.25) is 5.91 Å². The highest BCUT2D eigenvalue weighted by Gasteiger charge is 2.26. The number of thiophene rings is 1. The molecule has 1 amide bonds. The molecule has 112 valence electrons. The first-order valence-corrected chi connectivity index (χ1v) is 8.13. The largest absolute Gasteiger partial charge is 0.338 e. The van der Waals surface area contributed by atoms with E-state index in [1.807, 2.05) is 60.5 Å². The molecule has 0 unspecified atom stereocenters. The lowest BCUT2D eigenvalue weighted by Gasteiger charge is -2.27. The van der Waals surface area contributed by atoms with E-state index in [4.69, 9.17) is 5.73 Å². The van der Waals surface area contributed by atoms with Crippen LogP contribution >= 0.6 is 11.3 Å². The van der Waals surface area contributed by atoms with Gasteiger partial charge in [-0.25, -0.2) is 0 Å². The third-order valence-electron chi connectivity index (χ3n) is 3.73. The Balaban J connectivity index is 2.06. The highest BCUT2D eigenvalue weighted by molar-refractivity contribution is 7.09. The van der Waals surface area contributed by atoms with Crippen LogP contribution in [0.25, 0.3) is 0 Å². The fourth-order valence-corrected chi connectivity index (χ4v) is 3.06. The van der Waals surface area contributed by atoms with Gasteiger partial charge in [0.25, 0.3) is 0 Å². The van der Waals surface area contributed by atoms with E-state index in [0.717, 1.165) is 5.56 Å². The van der Waals surface area contributed by atoms with Crippen molar-refractivity contribution < 1.29 is 4.79 Å². The molecule has 0 saturated heterocycles. The number of hydrogen-bond donors (Lipinski definition) is 1. The van der Waals surface area contributed by atoms with Gasteiger partial charge in [-0.05, 0) is 23.9 Å². The molecule has 1 aromatic heterocycles. The maximum Gasteiger partial charge on any atom is 0.227 e. The Morgan fingerprint density at radius 2 is 1.95 bits per heavy atom. The minimum atomic E-state index is -0.268. The van der Waals surface area contributed by atoms with E-state index in [-0.39, 0.29) is 17.9 Å². The van der Waals surface area contributed by atoms with Crippen molar-refractivity contribution in [3.05, 3.63) is 58.3 Å². The molecule has 0 radical (unpaired) electrons. The lowest BCUT2D eigenvalue weighted by molar-refractivity contribution is -0.136. The van der Waals surface area contributed by atoms with Crippen molar-refractivity contribution in [2.24, 2.45) is 11.7 Å². The van der Waals surface area contributed by atoms with Crippen LogP contribution in [0.5, 0.6) is 0 Å². The second-order valence-electron chi connectivity index (χ2n) is 5.16. The van der Waals surface area contributed by atoms with Crippen LogP contribution in [0.2, 0.25) is 0 Å². The molecule has 21 heavy (non-hydrogen) atoms. The molecule has 0 aliphatic rings. The summed E-state index contributed by atoms with van der Waals surface area (Å²) in [5.74, 6) is -0.116. The molecule has 1 aromatic carbocycles. The van der Waals surface area contributed by atoms with Crippen molar-refractivity contribution in [1.29, 1.82) is 0 Å². The number of amides is 1. The standard InChI is InChI=1S/C17H22N2OS/c1-3-19(12-15-10-7-11-21-15)17(20)13(2)16(18)14-8-5-4-6-9-14/h4-11,13,16H,3,12,18H2,1-2H3/t13-,16+/m0/s1. The number of benzene rings is 1. The average Bonchev–Trinajstić information content (AvgIpc) is 3.04. The Bertz CT molecular complexity index is 553. The number of carbonyl (C=O) groups excluding carboxylic acids is 1. The molecule has 2 atom stereocenters. The summed E-state index contributed by atoms with van der Waals surface area (Å²) in [6, 6.07) is 13.6. The fraction of sp³-hybridized carbons (Fsp3) is 0.353. The molecule has 2 N–H and O–H groups in total. The van der Waals surface area contributed by atoms with Crippen molar-refractivity contribution in [1.82, 2.24) is 4.90 Å². The number of hydrogen-bond acceptors (Lipinski definition) is 3. The van der Waals surface area contributed by atoms with Crippen LogP contribution in [-0.4, -0.2) is 17.4 Å². The molecule has 0 aliphatic carbocycles. The Hall–Kier alpha value is -1.65. The average molecular weight is 302 g/mol. The highest BCUT2D eigenvalue weighted by Crippen LogP contribution is 2.22. The van der Waals surface area contributed by atoms with Crippen molar-refractivity contribution >= 4 is 17.2 Å². The molecule has 0 bridgehead atoms. The first-order valence-electron chi connectivity index (χ1n) is 7.25. The van der Waals surface area contributed by atoms with E-state index < -0.39 is 0 Å². The summed E-state index contributed by atoms with van der Waals surface area (Å²) in [6.45, 7) is 5.28. The van der Waals surface area contributed by atoms with Crippen LogP contribution in [0.3, 0.4) is 0 Å². The van der Waals surface area contributed by atoms with Crippen LogP contribution < -0.4 is 5.73 Å². The normalized spacial score (nSPS) is 13.7. The van der Waals surface area contributed by atoms with Gasteiger partial charge in [-0.1, -0.05) is 43.3 Å². The molecule has 0 saturated carbocycles. The van der Waals surface area contributed by atoms with Gasteiger partial charge in [-0.2, -0.15) is 0 Å². The molecule has 3 nitrogen and oxygen atoms in total. The molecule has 0 fully saturated rings. The second-order valence-corrected chi connectivity index (χ2v) is 6.19. The number of nitrogens with zero attached hydrogens (tertiary/aromatic N) is 1. The van der Waals surface area contributed by atoms with Crippen LogP contribution in [0.15, 0.2) is 47.8 Å². The molecular formula is C17H22N2OS. The zero-order chi connectivity index (χ0) is 15.2. The first-order chi connectivity index (χ1) is 10.1. The minimum Gasteiger partial charge on any atom is -0.338 e. The number of carbonyl (C=O) groups is 1. The van der Waals surface area contributed by atoms with E-state index in [9.17, 15) is 4.79 Å². The SMILES string of the molecule is CCN(Cc1cccs1)C(=O)[C@@H](C)[C@@H](N)c1ccccc1. The van der Waals surface area contributed by atoms with Gasteiger partial charge in [-0.3, -0.25) is 4.79 Å². The summed E-state index contributed by atoms with van der Waals surface area (Å²) in [7, 11) is 0. The van der Waals surface area contributed by atoms with Crippen molar-refractivity contribution in [3.8, 4) is 0 Å². The minimum absolute atomic E-state index is 0.113. The van der Waals surface area contributed by atoms with Gasteiger partial charge in [0.15, 0.2) is 0 Å². The van der Waals surface area contributed by atoms with E-state index in [0.29, 0.717) is 13.1 Å². The summed E-state index contributed by atoms with van der Waals surface area (Å²) in [5.41, 5.74) is 7.27. The van der Waals surface area contributed by atoms with Gasteiger partial charge in [0.1, 0.15) is 0 Å². The third-order valence-corrected chi connectivity index (χ3v) is 4.59. The van der Waals surface area contributed by atoms with E-state index in [2.05, 4.69) is 6.07 Å². The predicted octanol–water partition coefficient (Wildman–Crippen LogP) is 3.43. The Morgan fingerprint density at radius 1 is 1.24 bits per heavy atom. The zero-order valence-electron chi connectivity index (χ0n) is 12.5. The van der Waals surface area contributed by atoms with Gasteiger partial charge >= 0.3 is 0 Å². The second kappa shape index (κ2) is 7.38. The van der Waals surface area contributed by atoms with E-state index >= 15 is 0 Å². The summed E-state index contributed by atoms with van der Waals surface area (Å²) in [6.07, 6.45) is 0. The van der Waals surface area contributed by atoms with Gasteiger partial charge < -0.3 is 10.6 Å². The lowest BCUT2D eigenvalue weighted by Crippen LogP contribution is -2.38. The van der Waals surface area contributed by atoms with Crippen molar-refractivity contribution in [3.63, 3.8) is 0 Å². The van der Waals surface area contributed by atoms with Crippen LogP contribution in [0, 0.1) is 5.92 Å². The fourth-order valence-electron chi connectivity index (χ4n) is 2.34. The van der Waals surface area contributed by atoms with E-state index in [1.54, 1.807) is 11.3 Å². The molecule has 0 aliphatic heterocycles. The smallest absolute Gasteiger partial charge is 0.227 e. The predicted molar refractivity (Wildman–Crippen MR) is 87.9 cm³/mol. The lowest BCUT2D eigenvalue weighted by atomic mass is 9.94. The summed E-state index contributed by atoms with van der Waals surface area (Å²) >= 11 is 1.68.